The molecule has 3 aliphatic heterocycles. The summed E-state index contributed by atoms with van der Waals surface area (Å²) in [6.07, 6.45) is 4.22. The molecule has 3 aliphatic rings. The minimum atomic E-state index is 0.846. The van der Waals surface area contributed by atoms with Crippen LogP contribution in [0.25, 0.3) is 0 Å². The van der Waals surface area contributed by atoms with E-state index in [1.807, 2.05) is 0 Å². The topological polar surface area (TPSA) is 6.48 Å². The summed E-state index contributed by atoms with van der Waals surface area (Å²) in [5.74, 6) is 0. The fourth-order valence-electron chi connectivity index (χ4n) is 2.44. The fraction of sp³-hybridized carbons (Fsp3) is 1.00. The number of hydrogen-bond donors (Lipinski definition) is 0. The highest BCUT2D eigenvalue weighted by atomic mass is 15.2. The summed E-state index contributed by atoms with van der Waals surface area (Å²) < 4.78 is 0. The number of nitrogens with zero attached hydrogens (tertiary/aromatic N) is 2. The van der Waals surface area contributed by atoms with E-state index in [2.05, 4.69) is 23.9 Å². The van der Waals surface area contributed by atoms with Crippen molar-refractivity contribution in [2.24, 2.45) is 0 Å². The van der Waals surface area contributed by atoms with Crippen LogP contribution in [0.3, 0.4) is 0 Å². The van der Waals surface area contributed by atoms with Crippen molar-refractivity contribution in [3.05, 3.63) is 0 Å². The van der Waals surface area contributed by atoms with Gasteiger partial charge in [-0.1, -0.05) is 0 Å². The summed E-state index contributed by atoms with van der Waals surface area (Å²) in [7, 11) is 4.54. The number of rotatable bonds is 0. The van der Waals surface area contributed by atoms with Gasteiger partial charge in [-0.15, -0.1) is 0 Å². The smallest absolute Gasteiger partial charge is 0.0220 e. The SMILES string of the molecule is CN1CCC2CCC1CN2C. The van der Waals surface area contributed by atoms with Gasteiger partial charge in [0.25, 0.3) is 0 Å². The predicted molar refractivity (Wildman–Crippen MR) is 46.7 cm³/mol. The number of piperidine rings is 1. The second-order valence-corrected chi connectivity index (χ2v) is 4.09. The molecule has 3 rings (SSSR count). The molecule has 3 saturated heterocycles. The van der Waals surface area contributed by atoms with E-state index in [0.717, 1.165) is 12.1 Å². The average Bonchev–Trinajstić information content (AvgIpc) is 2.22. The van der Waals surface area contributed by atoms with Crippen LogP contribution in [0.2, 0.25) is 0 Å². The molecule has 0 spiro atoms. The molecule has 64 valence electrons. The maximum Gasteiger partial charge on any atom is 0.0220 e. The highest BCUT2D eigenvalue weighted by Crippen LogP contribution is 2.25. The molecule has 11 heavy (non-hydrogen) atoms. The molecular formula is C9H18N2. The first-order valence-corrected chi connectivity index (χ1v) is 4.68. The molecule has 0 amide bonds. The standard InChI is InChI=1S/C9H18N2/c1-10-6-5-8-3-4-9(10)7-11(8)2/h8-9H,3-7H2,1-2H3. The molecule has 2 nitrogen and oxygen atoms in total. The molecule has 0 aromatic rings. The Morgan fingerprint density at radius 3 is 2.36 bits per heavy atom. The molecule has 3 fully saturated rings. The first-order chi connectivity index (χ1) is 5.27. The second-order valence-electron chi connectivity index (χ2n) is 4.09. The lowest BCUT2D eigenvalue weighted by molar-refractivity contribution is 0.143. The number of fused-ring (bicyclic) bond motifs is 4. The van der Waals surface area contributed by atoms with Crippen LogP contribution in [0, 0.1) is 0 Å². The van der Waals surface area contributed by atoms with Crippen molar-refractivity contribution in [1.82, 2.24) is 9.80 Å². The third kappa shape index (κ3) is 1.30. The van der Waals surface area contributed by atoms with Crippen LogP contribution >= 0.6 is 0 Å². The van der Waals surface area contributed by atoms with Crippen molar-refractivity contribution in [2.75, 3.05) is 27.2 Å². The molecule has 2 heteroatoms. The first kappa shape index (κ1) is 7.56. The van der Waals surface area contributed by atoms with Gasteiger partial charge in [-0.2, -0.15) is 0 Å². The van der Waals surface area contributed by atoms with Gasteiger partial charge >= 0.3 is 0 Å². The van der Waals surface area contributed by atoms with Crippen molar-refractivity contribution < 1.29 is 0 Å². The van der Waals surface area contributed by atoms with Crippen LogP contribution in [0.1, 0.15) is 19.3 Å². The van der Waals surface area contributed by atoms with Gasteiger partial charge in [-0.05, 0) is 39.9 Å². The Bertz CT molecular complexity index is 146. The Kier molecular flexibility index (Phi) is 1.90. The Morgan fingerprint density at radius 1 is 0.909 bits per heavy atom. The molecule has 2 bridgehead atoms. The van der Waals surface area contributed by atoms with Crippen molar-refractivity contribution in [3.8, 4) is 0 Å². The van der Waals surface area contributed by atoms with Crippen LogP contribution in [-0.4, -0.2) is 49.1 Å². The second kappa shape index (κ2) is 2.76. The minimum Gasteiger partial charge on any atom is -0.302 e. The van der Waals surface area contributed by atoms with E-state index in [1.165, 1.54) is 32.4 Å². The van der Waals surface area contributed by atoms with Crippen LogP contribution < -0.4 is 0 Å². The molecule has 2 atom stereocenters. The molecule has 0 aromatic heterocycles. The summed E-state index contributed by atoms with van der Waals surface area (Å²) in [6, 6.07) is 1.73. The quantitative estimate of drug-likeness (QED) is 0.509. The summed E-state index contributed by atoms with van der Waals surface area (Å²) in [6.45, 7) is 2.60. The van der Waals surface area contributed by atoms with Crippen LogP contribution in [0.4, 0.5) is 0 Å². The van der Waals surface area contributed by atoms with E-state index >= 15 is 0 Å². The zero-order valence-corrected chi connectivity index (χ0v) is 7.58. The van der Waals surface area contributed by atoms with Crippen LogP contribution in [0.5, 0.6) is 0 Å². The van der Waals surface area contributed by atoms with Crippen molar-refractivity contribution in [1.29, 1.82) is 0 Å². The van der Waals surface area contributed by atoms with Gasteiger partial charge in [0.1, 0.15) is 0 Å². The minimum absolute atomic E-state index is 0.846. The first-order valence-electron chi connectivity index (χ1n) is 4.68. The Morgan fingerprint density at radius 2 is 1.64 bits per heavy atom. The number of likely N-dealkylation sites (N-methyl/N-ethyl adjacent to an activating group) is 2. The molecule has 0 saturated carbocycles. The highest BCUT2D eigenvalue weighted by Gasteiger charge is 2.31. The summed E-state index contributed by atoms with van der Waals surface area (Å²) >= 11 is 0. The Labute approximate surface area is 69.2 Å². The highest BCUT2D eigenvalue weighted by molar-refractivity contribution is 4.88. The van der Waals surface area contributed by atoms with E-state index < -0.39 is 0 Å². The van der Waals surface area contributed by atoms with Gasteiger partial charge in [0.15, 0.2) is 0 Å². The van der Waals surface area contributed by atoms with E-state index in [1.54, 1.807) is 0 Å². The normalized spacial score (nSPS) is 40.9. The van der Waals surface area contributed by atoms with Crippen molar-refractivity contribution in [2.45, 2.75) is 31.3 Å². The lowest BCUT2D eigenvalue weighted by Crippen LogP contribution is -2.44. The fourth-order valence-corrected chi connectivity index (χ4v) is 2.44. The van der Waals surface area contributed by atoms with Gasteiger partial charge in [-0.3, -0.25) is 0 Å². The van der Waals surface area contributed by atoms with E-state index in [-0.39, 0.29) is 0 Å². The van der Waals surface area contributed by atoms with Gasteiger partial charge in [-0.25, -0.2) is 0 Å². The van der Waals surface area contributed by atoms with Gasteiger partial charge in [0, 0.05) is 18.6 Å². The average molecular weight is 154 g/mol. The maximum absolute atomic E-state index is 2.54. The molecular weight excluding hydrogens is 136 g/mol. The largest absolute Gasteiger partial charge is 0.302 e. The molecule has 0 N–H and O–H groups in total. The lowest BCUT2D eigenvalue weighted by Gasteiger charge is -2.35. The van der Waals surface area contributed by atoms with Gasteiger partial charge < -0.3 is 9.80 Å². The van der Waals surface area contributed by atoms with Crippen LogP contribution in [0.15, 0.2) is 0 Å². The third-order valence-corrected chi connectivity index (χ3v) is 3.39. The molecule has 0 aromatic carbocycles. The maximum atomic E-state index is 2.54. The number of hydrogen-bond acceptors (Lipinski definition) is 2. The molecule has 0 aliphatic carbocycles. The zero-order chi connectivity index (χ0) is 7.84. The summed E-state index contributed by atoms with van der Waals surface area (Å²) in [4.78, 5) is 5.07. The lowest BCUT2D eigenvalue weighted by atomic mass is 10.00. The van der Waals surface area contributed by atoms with E-state index in [0.29, 0.717) is 0 Å². The molecule has 3 heterocycles. The zero-order valence-electron chi connectivity index (χ0n) is 7.58. The van der Waals surface area contributed by atoms with Gasteiger partial charge in [0.2, 0.25) is 0 Å². The van der Waals surface area contributed by atoms with Crippen molar-refractivity contribution >= 4 is 0 Å². The predicted octanol–water partition coefficient (Wildman–Crippen LogP) is 0.785. The molecule has 2 unspecified atom stereocenters. The monoisotopic (exact) mass is 154 g/mol. The summed E-state index contributed by atoms with van der Waals surface area (Å²) in [5, 5.41) is 0. The molecule has 0 radical (unpaired) electrons. The van der Waals surface area contributed by atoms with Crippen LogP contribution in [-0.2, 0) is 0 Å². The Hall–Kier alpha value is -0.0800. The third-order valence-electron chi connectivity index (χ3n) is 3.39. The van der Waals surface area contributed by atoms with E-state index in [4.69, 9.17) is 0 Å². The van der Waals surface area contributed by atoms with E-state index in [9.17, 15) is 0 Å². The summed E-state index contributed by atoms with van der Waals surface area (Å²) in [5.41, 5.74) is 0. The van der Waals surface area contributed by atoms with Gasteiger partial charge in [0.05, 0.1) is 0 Å². The Balaban J connectivity index is 2.11. The van der Waals surface area contributed by atoms with Crippen molar-refractivity contribution in [3.63, 3.8) is 0 Å².